The van der Waals surface area contributed by atoms with Gasteiger partial charge in [0.05, 0.1) is 18.1 Å². The molecule has 1 fully saturated rings. The van der Waals surface area contributed by atoms with E-state index in [1.54, 1.807) is 36.3 Å². The average molecular weight is 432 g/mol. The van der Waals surface area contributed by atoms with E-state index in [1.807, 2.05) is 37.3 Å². The summed E-state index contributed by atoms with van der Waals surface area (Å²) in [4.78, 5) is 35.1. The topological polar surface area (TPSA) is 93.7 Å². The Morgan fingerprint density at radius 1 is 1.12 bits per heavy atom. The summed E-state index contributed by atoms with van der Waals surface area (Å²) in [6, 6.07) is 14.6. The minimum atomic E-state index is -0.580. The molecule has 1 unspecified atom stereocenters. The Labute approximate surface area is 186 Å². The number of hydrogen-bond acceptors (Lipinski definition) is 6. The van der Waals surface area contributed by atoms with Crippen molar-refractivity contribution in [2.75, 3.05) is 18.9 Å². The SMILES string of the molecule is Cc1cnc(NC(=O)c2cc(OCc3ccccc3)cc(OC3CCN(C)C3=O)c2)cn1. The maximum absolute atomic E-state index is 12.9. The Kier molecular flexibility index (Phi) is 6.30. The lowest BCUT2D eigenvalue weighted by Crippen LogP contribution is -2.29. The second-order valence-corrected chi connectivity index (χ2v) is 7.62. The standard InChI is InChI=1S/C24H24N4O4/c1-16-13-26-22(14-25-16)27-23(29)18-10-19(31-15-17-6-4-3-5-7-17)12-20(11-18)32-21-8-9-28(2)24(21)30/h3-7,10-14,21H,8-9,15H2,1-2H3,(H,26,27,29). The Balaban J connectivity index is 1.56. The quantitative estimate of drug-likeness (QED) is 0.616. The van der Waals surface area contributed by atoms with Crippen LogP contribution in [0.25, 0.3) is 0 Å². The highest BCUT2D eigenvalue weighted by molar-refractivity contribution is 6.04. The summed E-state index contributed by atoms with van der Waals surface area (Å²) >= 11 is 0. The molecule has 0 radical (unpaired) electrons. The highest BCUT2D eigenvalue weighted by atomic mass is 16.5. The predicted molar refractivity (Wildman–Crippen MR) is 119 cm³/mol. The third kappa shape index (κ3) is 5.21. The zero-order valence-corrected chi connectivity index (χ0v) is 17.9. The third-order valence-electron chi connectivity index (χ3n) is 5.07. The summed E-state index contributed by atoms with van der Waals surface area (Å²) in [5, 5.41) is 2.72. The van der Waals surface area contributed by atoms with Gasteiger partial charge in [0, 0.05) is 31.6 Å². The van der Waals surface area contributed by atoms with E-state index < -0.39 is 6.10 Å². The first-order valence-electron chi connectivity index (χ1n) is 10.3. The molecule has 1 saturated heterocycles. The number of anilines is 1. The van der Waals surface area contributed by atoms with E-state index in [0.29, 0.717) is 42.5 Å². The number of hydrogen-bond donors (Lipinski definition) is 1. The van der Waals surface area contributed by atoms with Gasteiger partial charge in [0.15, 0.2) is 11.9 Å². The molecule has 1 N–H and O–H groups in total. The molecule has 8 heteroatoms. The average Bonchev–Trinajstić information content (AvgIpc) is 3.12. The zero-order valence-electron chi connectivity index (χ0n) is 17.9. The fourth-order valence-electron chi connectivity index (χ4n) is 3.30. The molecular weight excluding hydrogens is 408 g/mol. The summed E-state index contributed by atoms with van der Waals surface area (Å²) in [5.74, 6) is 0.732. The first-order chi connectivity index (χ1) is 15.5. The second-order valence-electron chi connectivity index (χ2n) is 7.62. The van der Waals surface area contributed by atoms with Gasteiger partial charge >= 0.3 is 0 Å². The van der Waals surface area contributed by atoms with Gasteiger partial charge in [-0.1, -0.05) is 30.3 Å². The number of nitrogens with one attached hydrogen (secondary N) is 1. The van der Waals surface area contributed by atoms with Gasteiger partial charge in [0.1, 0.15) is 18.1 Å². The fraction of sp³-hybridized carbons (Fsp3) is 0.250. The lowest BCUT2D eigenvalue weighted by atomic mass is 10.1. The van der Waals surface area contributed by atoms with Crippen LogP contribution >= 0.6 is 0 Å². The van der Waals surface area contributed by atoms with E-state index in [9.17, 15) is 9.59 Å². The summed E-state index contributed by atoms with van der Waals surface area (Å²) in [5.41, 5.74) is 2.07. The molecular formula is C24H24N4O4. The van der Waals surface area contributed by atoms with Crippen molar-refractivity contribution in [3.63, 3.8) is 0 Å². The number of carbonyl (C=O) groups excluding carboxylic acids is 2. The van der Waals surface area contributed by atoms with Gasteiger partial charge in [-0.2, -0.15) is 0 Å². The van der Waals surface area contributed by atoms with E-state index in [0.717, 1.165) is 11.3 Å². The van der Waals surface area contributed by atoms with E-state index >= 15 is 0 Å². The number of ether oxygens (including phenoxy) is 2. The van der Waals surface area contributed by atoms with Gasteiger partial charge in [-0.25, -0.2) is 4.98 Å². The number of rotatable bonds is 7. The molecule has 1 aliphatic rings. The molecule has 1 aromatic heterocycles. The maximum Gasteiger partial charge on any atom is 0.263 e. The van der Waals surface area contributed by atoms with Crippen molar-refractivity contribution >= 4 is 17.6 Å². The molecule has 4 rings (SSSR count). The number of carbonyl (C=O) groups is 2. The highest BCUT2D eigenvalue weighted by Gasteiger charge is 2.31. The molecule has 8 nitrogen and oxygen atoms in total. The van der Waals surface area contributed by atoms with Crippen LogP contribution in [0.4, 0.5) is 5.82 Å². The minimum Gasteiger partial charge on any atom is -0.489 e. The lowest BCUT2D eigenvalue weighted by Gasteiger charge is -2.16. The maximum atomic E-state index is 12.9. The zero-order chi connectivity index (χ0) is 22.5. The lowest BCUT2D eigenvalue weighted by molar-refractivity contribution is -0.132. The highest BCUT2D eigenvalue weighted by Crippen LogP contribution is 2.27. The first kappa shape index (κ1) is 21.3. The van der Waals surface area contributed by atoms with Crippen LogP contribution in [-0.4, -0.2) is 46.4 Å². The number of benzene rings is 2. The fourth-order valence-corrected chi connectivity index (χ4v) is 3.30. The van der Waals surface area contributed by atoms with Crippen LogP contribution < -0.4 is 14.8 Å². The van der Waals surface area contributed by atoms with Crippen LogP contribution in [0.2, 0.25) is 0 Å². The summed E-state index contributed by atoms with van der Waals surface area (Å²) in [6.45, 7) is 2.78. The van der Waals surface area contributed by atoms with Gasteiger partial charge in [0.2, 0.25) is 0 Å². The van der Waals surface area contributed by atoms with Gasteiger partial charge < -0.3 is 19.7 Å². The molecule has 2 heterocycles. The number of likely N-dealkylation sites (tertiary alicyclic amines) is 1. The smallest absolute Gasteiger partial charge is 0.263 e. The molecule has 1 aliphatic heterocycles. The van der Waals surface area contributed by atoms with Crippen LogP contribution in [0.3, 0.4) is 0 Å². The van der Waals surface area contributed by atoms with Crippen molar-refractivity contribution in [3.05, 3.63) is 77.7 Å². The molecule has 32 heavy (non-hydrogen) atoms. The van der Waals surface area contributed by atoms with Crippen LogP contribution in [0.1, 0.15) is 28.0 Å². The van der Waals surface area contributed by atoms with E-state index in [-0.39, 0.29) is 11.8 Å². The van der Waals surface area contributed by atoms with Crippen LogP contribution in [0, 0.1) is 6.92 Å². The van der Waals surface area contributed by atoms with Crippen LogP contribution in [0.15, 0.2) is 60.9 Å². The Hall–Kier alpha value is -3.94. The van der Waals surface area contributed by atoms with E-state index in [4.69, 9.17) is 9.47 Å². The molecule has 2 amide bonds. The summed E-state index contributed by atoms with van der Waals surface area (Å²) < 4.78 is 11.8. The third-order valence-corrected chi connectivity index (χ3v) is 5.07. The predicted octanol–water partition coefficient (Wildman–Crippen LogP) is 3.23. The number of nitrogens with zero attached hydrogens (tertiary/aromatic N) is 3. The van der Waals surface area contributed by atoms with Gasteiger partial charge in [-0.3, -0.25) is 14.6 Å². The molecule has 0 saturated carbocycles. The van der Waals surface area contributed by atoms with Crippen molar-refractivity contribution in [1.29, 1.82) is 0 Å². The second kappa shape index (κ2) is 9.47. The van der Waals surface area contributed by atoms with Crippen molar-refractivity contribution in [2.45, 2.75) is 26.1 Å². The largest absolute Gasteiger partial charge is 0.489 e. The van der Waals surface area contributed by atoms with Crippen molar-refractivity contribution < 1.29 is 19.1 Å². The van der Waals surface area contributed by atoms with E-state index in [1.165, 1.54) is 6.20 Å². The molecule has 1 atom stereocenters. The minimum absolute atomic E-state index is 0.0819. The van der Waals surface area contributed by atoms with Crippen LogP contribution in [0.5, 0.6) is 11.5 Å². The normalized spacial score (nSPS) is 15.5. The molecule has 164 valence electrons. The Morgan fingerprint density at radius 3 is 2.59 bits per heavy atom. The number of amides is 2. The van der Waals surface area contributed by atoms with Crippen LogP contribution in [-0.2, 0) is 11.4 Å². The molecule has 2 aromatic carbocycles. The Bertz CT molecular complexity index is 1100. The van der Waals surface area contributed by atoms with E-state index in [2.05, 4.69) is 15.3 Å². The number of aryl methyl sites for hydroxylation is 1. The van der Waals surface area contributed by atoms with Gasteiger partial charge in [0.25, 0.3) is 11.8 Å². The van der Waals surface area contributed by atoms with Crippen molar-refractivity contribution in [3.8, 4) is 11.5 Å². The Morgan fingerprint density at radius 2 is 1.91 bits per heavy atom. The molecule has 0 bridgehead atoms. The van der Waals surface area contributed by atoms with Gasteiger partial charge in [-0.05, 0) is 24.6 Å². The number of aromatic nitrogens is 2. The molecule has 3 aromatic rings. The monoisotopic (exact) mass is 432 g/mol. The summed E-state index contributed by atoms with van der Waals surface area (Å²) in [7, 11) is 1.74. The first-order valence-corrected chi connectivity index (χ1v) is 10.3. The van der Waals surface area contributed by atoms with Crippen molar-refractivity contribution in [2.24, 2.45) is 0 Å². The van der Waals surface area contributed by atoms with Gasteiger partial charge in [-0.15, -0.1) is 0 Å². The summed E-state index contributed by atoms with van der Waals surface area (Å²) in [6.07, 6.45) is 3.08. The molecule has 0 spiro atoms. The number of likely N-dealkylation sites (N-methyl/N-ethyl adjacent to an activating group) is 1. The van der Waals surface area contributed by atoms with Crippen molar-refractivity contribution in [1.82, 2.24) is 14.9 Å². The molecule has 0 aliphatic carbocycles.